The van der Waals surface area contributed by atoms with Crippen molar-refractivity contribution in [3.05, 3.63) is 59.2 Å². The average Bonchev–Trinajstić information content (AvgIpc) is 2.92. The van der Waals surface area contributed by atoms with Crippen molar-refractivity contribution in [3.8, 4) is 11.5 Å². The van der Waals surface area contributed by atoms with Gasteiger partial charge in [0.1, 0.15) is 25.6 Å². The van der Waals surface area contributed by atoms with Gasteiger partial charge in [0.2, 0.25) is 5.91 Å². The number of aryl methyl sites for hydroxylation is 2. The van der Waals surface area contributed by atoms with Gasteiger partial charge in [-0.25, -0.2) is 0 Å². The molecule has 2 aromatic carbocycles. The third kappa shape index (κ3) is 12.7. The Bertz CT molecular complexity index is 1000. The van der Waals surface area contributed by atoms with Crippen molar-refractivity contribution in [1.82, 2.24) is 10.6 Å². The Hall–Kier alpha value is -2.90. The summed E-state index contributed by atoms with van der Waals surface area (Å²) in [6, 6.07) is 13.6. The standard InChI is InChI=1S/C23H36N2O5.C9H12/c1-23(2,3)16-24-15-18(25-21(27)8-6-4-5-7-11-26)22(28)17-9-10-19-20(14-17)30-13-12-29-19;1-3-9-6-4-8(2)5-7-9/h9-11,14,18,22,24,28H,4-8,12-13,15-16H2,1-3H3,(H,25,27);4-7H,3H2,1-2H3. The molecule has 216 valence electrons. The maximum atomic E-state index is 12.5. The van der Waals surface area contributed by atoms with E-state index >= 15 is 0 Å². The van der Waals surface area contributed by atoms with Crippen LogP contribution in [-0.4, -0.2) is 49.6 Å². The van der Waals surface area contributed by atoms with Crippen LogP contribution in [0.15, 0.2) is 42.5 Å². The van der Waals surface area contributed by atoms with Gasteiger partial charge in [-0.05, 0) is 54.9 Å². The SMILES string of the molecule is CC(C)(C)CNCC(NC(=O)CCCCCC=O)C(O)c1ccc2c(c1)OCCO2.CCc1ccc(C)cc1. The molecule has 0 fully saturated rings. The highest BCUT2D eigenvalue weighted by Crippen LogP contribution is 2.33. The topological polar surface area (TPSA) is 96.9 Å². The Morgan fingerprint density at radius 2 is 1.72 bits per heavy atom. The lowest BCUT2D eigenvalue weighted by atomic mass is 9.96. The van der Waals surface area contributed by atoms with Gasteiger partial charge in [0.05, 0.1) is 6.04 Å². The Kier molecular flexibility index (Phi) is 14.0. The molecule has 1 amide bonds. The molecule has 2 unspecified atom stereocenters. The molecule has 1 heterocycles. The van der Waals surface area contributed by atoms with E-state index in [9.17, 15) is 14.7 Å². The molecule has 3 rings (SSSR count). The molecule has 2 aromatic rings. The van der Waals surface area contributed by atoms with E-state index < -0.39 is 12.1 Å². The van der Waals surface area contributed by atoms with E-state index in [4.69, 9.17) is 9.47 Å². The summed E-state index contributed by atoms with van der Waals surface area (Å²) in [5.41, 5.74) is 3.52. The van der Waals surface area contributed by atoms with Crippen LogP contribution in [-0.2, 0) is 16.0 Å². The second-order valence-corrected chi connectivity index (χ2v) is 11.3. The number of hydrogen-bond acceptors (Lipinski definition) is 6. The molecule has 7 nitrogen and oxygen atoms in total. The van der Waals surface area contributed by atoms with Crippen LogP contribution in [0.5, 0.6) is 11.5 Å². The highest BCUT2D eigenvalue weighted by atomic mass is 16.6. The smallest absolute Gasteiger partial charge is 0.220 e. The molecule has 1 aliphatic heterocycles. The molecule has 1 aliphatic rings. The molecule has 0 aromatic heterocycles. The zero-order valence-corrected chi connectivity index (χ0v) is 24.4. The van der Waals surface area contributed by atoms with Crippen LogP contribution in [0.4, 0.5) is 0 Å². The summed E-state index contributed by atoms with van der Waals surface area (Å²) in [6.45, 7) is 12.9. The zero-order chi connectivity index (χ0) is 28.7. The van der Waals surface area contributed by atoms with Gasteiger partial charge >= 0.3 is 0 Å². The summed E-state index contributed by atoms with van der Waals surface area (Å²) in [6.07, 6.45) is 4.43. The molecular formula is C32H48N2O5. The van der Waals surface area contributed by atoms with Crippen LogP contribution < -0.4 is 20.1 Å². The summed E-state index contributed by atoms with van der Waals surface area (Å²) in [5, 5.41) is 17.3. The Balaban J connectivity index is 0.000000499. The second-order valence-electron chi connectivity index (χ2n) is 11.3. The minimum atomic E-state index is -0.882. The van der Waals surface area contributed by atoms with Gasteiger partial charge in [-0.1, -0.05) is 70.0 Å². The number of hydrogen-bond donors (Lipinski definition) is 3. The predicted octanol–water partition coefficient (Wildman–Crippen LogP) is 5.32. The first-order valence-corrected chi connectivity index (χ1v) is 14.2. The van der Waals surface area contributed by atoms with Crippen LogP contribution >= 0.6 is 0 Å². The fourth-order valence-electron chi connectivity index (χ4n) is 4.11. The van der Waals surface area contributed by atoms with Gasteiger partial charge in [-0.3, -0.25) is 4.79 Å². The summed E-state index contributed by atoms with van der Waals surface area (Å²) in [4.78, 5) is 22.8. The van der Waals surface area contributed by atoms with E-state index in [0.717, 1.165) is 38.5 Å². The van der Waals surface area contributed by atoms with Crippen molar-refractivity contribution in [1.29, 1.82) is 0 Å². The third-order valence-electron chi connectivity index (χ3n) is 6.41. The number of benzene rings is 2. The highest BCUT2D eigenvalue weighted by Gasteiger charge is 2.25. The van der Waals surface area contributed by atoms with Crippen molar-refractivity contribution in [3.63, 3.8) is 0 Å². The van der Waals surface area contributed by atoms with E-state index in [2.05, 4.69) is 69.5 Å². The number of carbonyl (C=O) groups is 2. The summed E-state index contributed by atoms with van der Waals surface area (Å²) in [5.74, 6) is 1.18. The second kappa shape index (κ2) is 16.9. The zero-order valence-electron chi connectivity index (χ0n) is 24.4. The van der Waals surface area contributed by atoms with E-state index in [-0.39, 0.29) is 11.3 Å². The quantitative estimate of drug-likeness (QED) is 0.235. The van der Waals surface area contributed by atoms with Gasteiger partial charge in [0.15, 0.2) is 11.5 Å². The van der Waals surface area contributed by atoms with Crippen LogP contribution in [0.3, 0.4) is 0 Å². The number of aliphatic hydroxyl groups is 1. The lowest BCUT2D eigenvalue weighted by Gasteiger charge is -2.28. The lowest BCUT2D eigenvalue weighted by Crippen LogP contribution is -2.47. The fraction of sp³-hybridized carbons (Fsp3) is 0.562. The van der Waals surface area contributed by atoms with Crippen molar-refractivity contribution >= 4 is 12.2 Å². The first-order valence-electron chi connectivity index (χ1n) is 14.2. The van der Waals surface area contributed by atoms with Gasteiger partial charge < -0.3 is 30.0 Å². The van der Waals surface area contributed by atoms with E-state index in [1.54, 1.807) is 18.2 Å². The number of ether oxygens (including phenoxy) is 2. The van der Waals surface area contributed by atoms with Gasteiger partial charge in [-0.2, -0.15) is 0 Å². The van der Waals surface area contributed by atoms with E-state index in [0.29, 0.717) is 49.7 Å². The molecule has 0 spiro atoms. The van der Waals surface area contributed by atoms with Crippen LogP contribution in [0.2, 0.25) is 0 Å². The fourth-order valence-corrected chi connectivity index (χ4v) is 4.11. The number of unbranched alkanes of at least 4 members (excludes halogenated alkanes) is 3. The number of aliphatic hydroxyl groups excluding tert-OH is 1. The molecule has 2 atom stereocenters. The Morgan fingerprint density at radius 1 is 1.03 bits per heavy atom. The molecule has 3 N–H and O–H groups in total. The summed E-state index contributed by atoms with van der Waals surface area (Å²) < 4.78 is 11.2. The maximum absolute atomic E-state index is 12.5. The molecule has 0 saturated heterocycles. The Labute approximate surface area is 234 Å². The van der Waals surface area contributed by atoms with Crippen LogP contribution in [0.1, 0.15) is 82.6 Å². The molecule has 0 bridgehead atoms. The minimum absolute atomic E-state index is 0.0924. The van der Waals surface area contributed by atoms with Gasteiger partial charge in [-0.15, -0.1) is 0 Å². The van der Waals surface area contributed by atoms with Crippen LogP contribution in [0, 0.1) is 12.3 Å². The van der Waals surface area contributed by atoms with Crippen molar-refractivity contribution in [2.24, 2.45) is 5.41 Å². The lowest BCUT2D eigenvalue weighted by molar-refractivity contribution is -0.122. The average molecular weight is 541 g/mol. The third-order valence-corrected chi connectivity index (χ3v) is 6.41. The molecule has 0 radical (unpaired) electrons. The van der Waals surface area contributed by atoms with Crippen molar-refractivity contribution in [2.45, 2.75) is 85.3 Å². The highest BCUT2D eigenvalue weighted by molar-refractivity contribution is 5.76. The van der Waals surface area contributed by atoms with Gasteiger partial charge in [0.25, 0.3) is 0 Å². The van der Waals surface area contributed by atoms with E-state index in [1.807, 2.05) is 0 Å². The minimum Gasteiger partial charge on any atom is -0.486 e. The van der Waals surface area contributed by atoms with Crippen molar-refractivity contribution < 1.29 is 24.2 Å². The predicted molar refractivity (Wildman–Crippen MR) is 156 cm³/mol. The normalized spacial score (nSPS) is 14.0. The number of aldehydes is 1. The number of amides is 1. The number of carbonyl (C=O) groups excluding carboxylic acids is 2. The van der Waals surface area contributed by atoms with E-state index in [1.165, 1.54) is 11.1 Å². The molecule has 7 heteroatoms. The first kappa shape index (κ1) is 32.3. The van der Waals surface area contributed by atoms with Crippen LogP contribution in [0.25, 0.3) is 0 Å². The first-order chi connectivity index (χ1) is 18.6. The summed E-state index contributed by atoms with van der Waals surface area (Å²) >= 11 is 0. The van der Waals surface area contributed by atoms with Gasteiger partial charge in [0, 0.05) is 25.9 Å². The molecule has 0 aliphatic carbocycles. The number of nitrogens with one attached hydrogen (secondary N) is 2. The largest absolute Gasteiger partial charge is 0.486 e. The number of rotatable bonds is 13. The molecular weight excluding hydrogens is 492 g/mol. The summed E-state index contributed by atoms with van der Waals surface area (Å²) in [7, 11) is 0. The Morgan fingerprint density at radius 3 is 2.36 bits per heavy atom. The monoisotopic (exact) mass is 540 g/mol. The van der Waals surface area contributed by atoms with Crippen molar-refractivity contribution in [2.75, 3.05) is 26.3 Å². The molecule has 0 saturated carbocycles. The maximum Gasteiger partial charge on any atom is 0.220 e. The number of fused-ring (bicyclic) bond motifs is 1. The molecule has 39 heavy (non-hydrogen) atoms.